The van der Waals surface area contributed by atoms with Crippen LogP contribution in [0.5, 0.6) is 5.75 Å². The van der Waals surface area contributed by atoms with Gasteiger partial charge in [-0.25, -0.2) is 4.39 Å². The summed E-state index contributed by atoms with van der Waals surface area (Å²) in [5.74, 6) is 0.565. The van der Waals surface area contributed by atoms with Gasteiger partial charge in [0, 0.05) is 10.5 Å². The van der Waals surface area contributed by atoms with E-state index in [4.69, 9.17) is 4.74 Å². The summed E-state index contributed by atoms with van der Waals surface area (Å²) in [4.78, 5) is 1.22. The second-order valence-corrected chi connectivity index (χ2v) is 5.76. The third-order valence-corrected chi connectivity index (χ3v) is 4.24. The molecule has 0 aliphatic carbocycles. The Bertz CT molecular complexity index is 623. The fourth-order valence-electron chi connectivity index (χ4n) is 2.11. The van der Waals surface area contributed by atoms with Crippen molar-refractivity contribution in [2.75, 3.05) is 6.26 Å². The Labute approximate surface area is 124 Å². The van der Waals surface area contributed by atoms with Gasteiger partial charge in [-0.3, -0.25) is 0 Å². The molecule has 0 aliphatic rings. The predicted octanol–water partition coefficient (Wildman–Crippen LogP) is 5.05. The molecular formula is C17H19FOS. The van der Waals surface area contributed by atoms with Crippen molar-refractivity contribution >= 4 is 11.8 Å². The van der Waals surface area contributed by atoms with E-state index in [1.807, 2.05) is 6.92 Å². The summed E-state index contributed by atoms with van der Waals surface area (Å²) >= 11 is 1.71. The van der Waals surface area contributed by atoms with Crippen LogP contribution in [-0.2, 0) is 6.61 Å². The lowest BCUT2D eigenvalue weighted by molar-refractivity contribution is 0.299. The summed E-state index contributed by atoms with van der Waals surface area (Å²) in [7, 11) is 0. The normalized spacial score (nSPS) is 10.7. The molecule has 0 aromatic heterocycles. The molecule has 0 N–H and O–H groups in total. The van der Waals surface area contributed by atoms with Gasteiger partial charge < -0.3 is 4.74 Å². The summed E-state index contributed by atoms with van der Waals surface area (Å²) in [6.45, 7) is 6.21. The summed E-state index contributed by atoms with van der Waals surface area (Å²) < 4.78 is 19.3. The molecule has 0 atom stereocenters. The minimum Gasteiger partial charge on any atom is -0.489 e. The van der Waals surface area contributed by atoms with Gasteiger partial charge in [-0.15, -0.1) is 11.8 Å². The molecule has 0 heterocycles. The Kier molecular flexibility index (Phi) is 4.71. The predicted molar refractivity (Wildman–Crippen MR) is 83.2 cm³/mol. The van der Waals surface area contributed by atoms with E-state index in [2.05, 4.69) is 31.4 Å². The van der Waals surface area contributed by atoms with Crippen LogP contribution in [-0.4, -0.2) is 6.26 Å². The monoisotopic (exact) mass is 290 g/mol. The van der Waals surface area contributed by atoms with E-state index in [0.717, 1.165) is 11.3 Å². The van der Waals surface area contributed by atoms with Gasteiger partial charge in [0.15, 0.2) is 0 Å². The Balaban J connectivity index is 2.23. The number of halogens is 1. The standard InChI is InChI=1S/C17H19FOS/c1-11-6-5-7-17(20-4)14(11)10-19-16-9-12(2)15(18)8-13(16)3/h5-9H,10H2,1-4H3. The van der Waals surface area contributed by atoms with E-state index < -0.39 is 0 Å². The first-order valence-electron chi connectivity index (χ1n) is 6.55. The van der Waals surface area contributed by atoms with Gasteiger partial charge in [-0.05, 0) is 61.9 Å². The molecule has 0 saturated carbocycles. The maximum atomic E-state index is 13.4. The summed E-state index contributed by atoms with van der Waals surface area (Å²) in [6, 6.07) is 9.53. The van der Waals surface area contributed by atoms with Gasteiger partial charge in [0.25, 0.3) is 0 Å². The zero-order valence-electron chi connectivity index (χ0n) is 12.3. The Hall–Kier alpha value is -1.48. The largest absolute Gasteiger partial charge is 0.489 e. The fourth-order valence-corrected chi connectivity index (χ4v) is 2.79. The quantitative estimate of drug-likeness (QED) is 0.729. The number of hydrogen-bond donors (Lipinski definition) is 0. The van der Waals surface area contributed by atoms with Crippen molar-refractivity contribution in [2.45, 2.75) is 32.3 Å². The van der Waals surface area contributed by atoms with Crippen molar-refractivity contribution in [3.8, 4) is 5.75 Å². The third kappa shape index (κ3) is 3.15. The van der Waals surface area contributed by atoms with Crippen molar-refractivity contribution in [1.82, 2.24) is 0 Å². The molecule has 0 aliphatic heterocycles. The highest BCUT2D eigenvalue weighted by atomic mass is 32.2. The zero-order chi connectivity index (χ0) is 14.7. The number of benzene rings is 2. The molecule has 0 saturated heterocycles. The Morgan fingerprint density at radius 2 is 1.80 bits per heavy atom. The van der Waals surface area contributed by atoms with Crippen molar-refractivity contribution in [1.29, 1.82) is 0 Å². The van der Waals surface area contributed by atoms with Crippen molar-refractivity contribution in [3.63, 3.8) is 0 Å². The van der Waals surface area contributed by atoms with E-state index in [-0.39, 0.29) is 5.82 Å². The highest BCUT2D eigenvalue weighted by Crippen LogP contribution is 2.27. The third-order valence-electron chi connectivity index (χ3n) is 3.42. The summed E-state index contributed by atoms with van der Waals surface area (Å²) in [5, 5.41) is 0. The van der Waals surface area contributed by atoms with E-state index >= 15 is 0 Å². The molecule has 0 spiro atoms. The van der Waals surface area contributed by atoms with Crippen LogP contribution in [0.4, 0.5) is 4.39 Å². The summed E-state index contributed by atoms with van der Waals surface area (Å²) in [6.07, 6.45) is 2.06. The van der Waals surface area contributed by atoms with Crippen molar-refractivity contribution in [3.05, 3.63) is 58.4 Å². The van der Waals surface area contributed by atoms with Crippen LogP contribution >= 0.6 is 11.8 Å². The maximum absolute atomic E-state index is 13.4. The van der Waals surface area contributed by atoms with Crippen LogP contribution in [0.15, 0.2) is 35.2 Å². The van der Waals surface area contributed by atoms with Gasteiger partial charge in [0.05, 0.1) is 0 Å². The average molecular weight is 290 g/mol. The second kappa shape index (κ2) is 6.31. The molecule has 0 amide bonds. The van der Waals surface area contributed by atoms with Gasteiger partial charge in [0.1, 0.15) is 18.2 Å². The fraction of sp³-hybridized carbons (Fsp3) is 0.294. The zero-order valence-corrected chi connectivity index (χ0v) is 13.1. The topological polar surface area (TPSA) is 9.23 Å². The molecule has 1 nitrogen and oxygen atoms in total. The van der Waals surface area contributed by atoms with Crippen LogP contribution in [0.2, 0.25) is 0 Å². The van der Waals surface area contributed by atoms with E-state index in [0.29, 0.717) is 12.2 Å². The van der Waals surface area contributed by atoms with Gasteiger partial charge >= 0.3 is 0 Å². The van der Waals surface area contributed by atoms with Crippen LogP contribution in [0.1, 0.15) is 22.3 Å². The first kappa shape index (κ1) is 14.9. The molecular weight excluding hydrogens is 271 g/mol. The smallest absolute Gasteiger partial charge is 0.126 e. The first-order chi connectivity index (χ1) is 9.52. The van der Waals surface area contributed by atoms with E-state index in [1.54, 1.807) is 24.8 Å². The lowest BCUT2D eigenvalue weighted by Gasteiger charge is -2.14. The molecule has 2 aromatic rings. The summed E-state index contributed by atoms with van der Waals surface area (Å²) in [5.41, 5.74) is 3.85. The average Bonchev–Trinajstić information content (AvgIpc) is 2.42. The molecule has 0 radical (unpaired) electrons. The SMILES string of the molecule is CSc1cccc(C)c1COc1cc(C)c(F)cc1C. The maximum Gasteiger partial charge on any atom is 0.126 e. The highest BCUT2D eigenvalue weighted by molar-refractivity contribution is 7.98. The van der Waals surface area contributed by atoms with Crippen molar-refractivity contribution in [2.24, 2.45) is 0 Å². The first-order valence-corrected chi connectivity index (χ1v) is 7.77. The molecule has 0 bridgehead atoms. The van der Waals surface area contributed by atoms with Gasteiger partial charge in [-0.1, -0.05) is 12.1 Å². The molecule has 20 heavy (non-hydrogen) atoms. The number of aryl methyl sites for hydroxylation is 3. The number of hydrogen-bond acceptors (Lipinski definition) is 2. The minimum absolute atomic E-state index is 0.185. The van der Waals surface area contributed by atoms with Crippen molar-refractivity contribution < 1.29 is 9.13 Å². The van der Waals surface area contributed by atoms with E-state index in [1.165, 1.54) is 22.1 Å². The van der Waals surface area contributed by atoms with Gasteiger partial charge in [-0.2, -0.15) is 0 Å². The molecule has 0 unspecified atom stereocenters. The van der Waals surface area contributed by atoms with Crippen LogP contribution in [0.3, 0.4) is 0 Å². The highest BCUT2D eigenvalue weighted by Gasteiger charge is 2.09. The molecule has 106 valence electrons. The number of thioether (sulfide) groups is 1. The lowest BCUT2D eigenvalue weighted by Crippen LogP contribution is -2.02. The molecule has 0 fully saturated rings. The minimum atomic E-state index is -0.185. The molecule has 3 heteroatoms. The molecule has 2 rings (SSSR count). The van der Waals surface area contributed by atoms with Gasteiger partial charge in [0.2, 0.25) is 0 Å². The van der Waals surface area contributed by atoms with Crippen LogP contribution in [0.25, 0.3) is 0 Å². The second-order valence-electron chi connectivity index (χ2n) is 4.91. The Morgan fingerprint density at radius 3 is 2.50 bits per heavy atom. The number of rotatable bonds is 4. The molecule has 2 aromatic carbocycles. The number of ether oxygens (including phenoxy) is 1. The lowest BCUT2D eigenvalue weighted by atomic mass is 10.1. The van der Waals surface area contributed by atoms with E-state index in [9.17, 15) is 4.39 Å². The Morgan fingerprint density at radius 1 is 1.05 bits per heavy atom. The van der Waals surface area contributed by atoms with Crippen LogP contribution in [0, 0.1) is 26.6 Å². The van der Waals surface area contributed by atoms with Crippen LogP contribution < -0.4 is 4.74 Å².